The lowest BCUT2D eigenvalue weighted by molar-refractivity contribution is 0.184. The number of benzene rings is 1. The quantitative estimate of drug-likeness (QED) is 0.862. The van der Waals surface area contributed by atoms with Crippen molar-refractivity contribution in [1.29, 1.82) is 0 Å². The van der Waals surface area contributed by atoms with E-state index in [9.17, 15) is 0 Å². The average molecular weight is 234 g/mol. The fourth-order valence-electron chi connectivity index (χ4n) is 2.40. The summed E-state index contributed by atoms with van der Waals surface area (Å²) in [5.74, 6) is 0. The number of likely N-dealkylation sites (tertiary alicyclic amines) is 1. The van der Waals surface area contributed by atoms with E-state index in [-0.39, 0.29) is 0 Å². The van der Waals surface area contributed by atoms with Gasteiger partial charge in [-0.15, -0.1) is 0 Å². The summed E-state index contributed by atoms with van der Waals surface area (Å²) in [6.07, 6.45) is 2.40. The van der Waals surface area contributed by atoms with E-state index in [1.54, 1.807) is 7.11 Å². The zero-order valence-corrected chi connectivity index (χ0v) is 10.6. The fourth-order valence-corrected chi connectivity index (χ4v) is 2.40. The zero-order valence-electron chi connectivity index (χ0n) is 10.6. The average Bonchev–Trinajstić information content (AvgIpc) is 2.32. The van der Waals surface area contributed by atoms with Gasteiger partial charge in [-0.05, 0) is 30.5 Å². The van der Waals surface area contributed by atoms with Crippen molar-refractivity contribution in [3.05, 3.63) is 35.4 Å². The number of nitrogens with two attached hydrogens (primary N) is 1. The largest absolute Gasteiger partial charge is 0.380 e. The lowest BCUT2D eigenvalue weighted by Gasteiger charge is -2.30. The van der Waals surface area contributed by atoms with Crippen LogP contribution in [-0.4, -0.2) is 31.1 Å². The summed E-state index contributed by atoms with van der Waals surface area (Å²) in [4.78, 5) is 2.44. The van der Waals surface area contributed by atoms with Crippen molar-refractivity contribution in [3.8, 4) is 0 Å². The summed E-state index contributed by atoms with van der Waals surface area (Å²) in [7, 11) is 1.73. The van der Waals surface area contributed by atoms with Gasteiger partial charge in [-0.3, -0.25) is 4.90 Å². The molecule has 1 aromatic rings. The Labute approximate surface area is 104 Å². The van der Waals surface area contributed by atoms with E-state index >= 15 is 0 Å². The Morgan fingerprint density at radius 2 is 2.00 bits per heavy atom. The molecule has 0 amide bonds. The molecule has 0 saturated carbocycles. The minimum atomic E-state index is 0.358. The van der Waals surface area contributed by atoms with Crippen LogP contribution >= 0.6 is 0 Å². The Morgan fingerprint density at radius 1 is 1.29 bits per heavy atom. The van der Waals surface area contributed by atoms with Crippen LogP contribution in [0.1, 0.15) is 24.0 Å². The van der Waals surface area contributed by atoms with Crippen molar-refractivity contribution in [1.82, 2.24) is 4.90 Å². The van der Waals surface area contributed by atoms with Gasteiger partial charge in [0.25, 0.3) is 0 Å². The van der Waals surface area contributed by atoms with E-state index in [0.717, 1.165) is 13.1 Å². The Kier molecular flexibility index (Phi) is 4.54. The highest BCUT2D eigenvalue weighted by atomic mass is 16.5. The molecule has 0 radical (unpaired) electrons. The van der Waals surface area contributed by atoms with E-state index in [2.05, 4.69) is 29.2 Å². The number of hydrogen-bond donors (Lipinski definition) is 1. The van der Waals surface area contributed by atoms with Crippen LogP contribution in [0.3, 0.4) is 0 Å². The van der Waals surface area contributed by atoms with E-state index in [1.165, 1.54) is 30.5 Å². The Bertz CT molecular complexity index is 337. The summed E-state index contributed by atoms with van der Waals surface area (Å²) in [5.41, 5.74) is 8.57. The number of nitrogens with zero attached hydrogens (tertiary/aromatic N) is 1. The minimum absolute atomic E-state index is 0.358. The third-order valence-electron chi connectivity index (χ3n) is 3.28. The van der Waals surface area contributed by atoms with E-state index in [1.807, 2.05) is 0 Å². The molecule has 1 aromatic carbocycles. The highest BCUT2D eigenvalue weighted by Gasteiger charge is 2.16. The summed E-state index contributed by atoms with van der Waals surface area (Å²) >= 11 is 0. The first-order chi connectivity index (χ1) is 8.28. The lowest BCUT2D eigenvalue weighted by atomic mass is 10.1. The molecule has 17 heavy (non-hydrogen) atoms. The molecular formula is C14H22N2O. The molecule has 1 unspecified atom stereocenters. The highest BCUT2D eigenvalue weighted by molar-refractivity contribution is 5.22. The van der Waals surface area contributed by atoms with Crippen LogP contribution in [0.15, 0.2) is 24.3 Å². The SMILES string of the molecule is COCc1ccc(CN2CCCC(N)C2)cc1. The number of methoxy groups -OCH3 is 1. The third kappa shape index (κ3) is 3.80. The summed E-state index contributed by atoms with van der Waals surface area (Å²) < 4.78 is 5.10. The number of piperidine rings is 1. The molecular weight excluding hydrogens is 212 g/mol. The van der Waals surface area contributed by atoms with Crippen LogP contribution in [0.2, 0.25) is 0 Å². The van der Waals surface area contributed by atoms with Gasteiger partial charge in [-0.1, -0.05) is 24.3 Å². The Balaban J connectivity index is 1.89. The second kappa shape index (κ2) is 6.15. The van der Waals surface area contributed by atoms with Crippen LogP contribution in [-0.2, 0) is 17.9 Å². The maximum atomic E-state index is 5.98. The molecule has 0 bridgehead atoms. The monoisotopic (exact) mass is 234 g/mol. The molecule has 2 N–H and O–H groups in total. The normalized spacial score (nSPS) is 21.6. The van der Waals surface area contributed by atoms with Crippen molar-refractivity contribution < 1.29 is 4.74 Å². The number of hydrogen-bond acceptors (Lipinski definition) is 3. The van der Waals surface area contributed by atoms with Crippen LogP contribution in [0, 0.1) is 0 Å². The van der Waals surface area contributed by atoms with Crippen LogP contribution in [0.25, 0.3) is 0 Å². The minimum Gasteiger partial charge on any atom is -0.380 e. The first-order valence-corrected chi connectivity index (χ1v) is 6.32. The zero-order chi connectivity index (χ0) is 12.1. The van der Waals surface area contributed by atoms with Gasteiger partial charge in [0.05, 0.1) is 6.61 Å². The van der Waals surface area contributed by atoms with Gasteiger partial charge in [-0.2, -0.15) is 0 Å². The van der Waals surface area contributed by atoms with Crippen LogP contribution in [0.5, 0.6) is 0 Å². The topological polar surface area (TPSA) is 38.5 Å². The summed E-state index contributed by atoms with van der Waals surface area (Å²) in [5, 5.41) is 0. The van der Waals surface area contributed by atoms with Gasteiger partial charge in [0.2, 0.25) is 0 Å². The standard InChI is InChI=1S/C14H22N2O/c1-17-11-13-6-4-12(5-7-13)9-16-8-2-3-14(15)10-16/h4-7,14H,2-3,8-11,15H2,1H3. The van der Waals surface area contributed by atoms with Crippen molar-refractivity contribution >= 4 is 0 Å². The van der Waals surface area contributed by atoms with Crippen LogP contribution in [0.4, 0.5) is 0 Å². The molecule has 3 nitrogen and oxygen atoms in total. The molecule has 1 atom stereocenters. The molecule has 1 fully saturated rings. The molecule has 0 aliphatic carbocycles. The molecule has 1 saturated heterocycles. The molecule has 1 heterocycles. The molecule has 1 aliphatic rings. The van der Waals surface area contributed by atoms with Gasteiger partial charge < -0.3 is 10.5 Å². The molecule has 2 rings (SSSR count). The Hall–Kier alpha value is -0.900. The predicted molar refractivity (Wildman–Crippen MR) is 69.6 cm³/mol. The molecule has 1 aliphatic heterocycles. The summed E-state index contributed by atoms with van der Waals surface area (Å²) in [6.45, 7) is 3.91. The highest BCUT2D eigenvalue weighted by Crippen LogP contribution is 2.13. The maximum absolute atomic E-state index is 5.98. The van der Waals surface area contributed by atoms with Crippen LogP contribution < -0.4 is 5.73 Å². The fraction of sp³-hybridized carbons (Fsp3) is 0.571. The van der Waals surface area contributed by atoms with Gasteiger partial charge in [-0.25, -0.2) is 0 Å². The van der Waals surface area contributed by atoms with Crippen molar-refractivity contribution in [2.45, 2.75) is 32.0 Å². The molecule has 3 heteroatoms. The smallest absolute Gasteiger partial charge is 0.0713 e. The molecule has 0 spiro atoms. The van der Waals surface area contributed by atoms with E-state index < -0.39 is 0 Å². The second-order valence-electron chi connectivity index (χ2n) is 4.89. The van der Waals surface area contributed by atoms with Gasteiger partial charge in [0.15, 0.2) is 0 Å². The Morgan fingerprint density at radius 3 is 2.65 bits per heavy atom. The number of ether oxygens (including phenoxy) is 1. The van der Waals surface area contributed by atoms with E-state index in [0.29, 0.717) is 12.6 Å². The van der Waals surface area contributed by atoms with Gasteiger partial charge in [0.1, 0.15) is 0 Å². The molecule has 0 aromatic heterocycles. The lowest BCUT2D eigenvalue weighted by Crippen LogP contribution is -2.42. The number of rotatable bonds is 4. The van der Waals surface area contributed by atoms with Gasteiger partial charge in [0, 0.05) is 26.2 Å². The van der Waals surface area contributed by atoms with Crippen molar-refractivity contribution in [2.24, 2.45) is 5.73 Å². The van der Waals surface area contributed by atoms with Crippen molar-refractivity contribution in [3.63, 3.8) is 0 Å². The van der Waals surface area contributed by atoms with E-state index in [4.69, 9.17) is 10.5 Å². The first kappa shape index (κ1) is 12.6. The first-order valence-electron chi connectivity index (χ1n) is 6.32. The van der Waals surface area contributed by atoms with Gasteiger partial charge >= 0.3 is 0 Å². The second-order valence-corrected chi connectivity index (χ2v) is 4.89. The summed E-state index contributed by atoms with van der Waals surface area (Å²) in [6, 6.07) is 9.02. The van der Waals surface area contributed by atoms with Crippen molar-refractivity contribution in [2.75, 3.05) is 20.2 Å². The molecule has 94 valence electrons. The third-order valence-corrected chi connectivity index (χ3v) is 3.28. The predicted octanol–water partition coefficient (Wildman–Crippen LogP) is 1.76. The maximum Gasteiger partial charge on any atom is 0.0713 e.